The summed E-state index contributed by atoms with van der Waals surface area (Å²) < 4.78 is 53.4. The van der Waals surface area contributed by atoms with Crippen molar-refractivity contribution in [1.29, 1.82) is 5.26 Å². The third-order valence-electron chi connectivity index (χ3n) is 3.89. The number of rotatable bonds is 4. The number of halogens is 4. The van der Waals surface area contributed by atoms with Crippen LogP contribution in [0.25, 0.3) is 10.9 Å². The molecule has 3 rings (SSSR count). The highest BCUT2D eigenvalue weighted by Gasteiger charge is 2.34. The number of nitrogens with zero attached hydrogens (tertiary/aromatic N) is 3. The predicted molar refractivity (Wildman–Crippen MR) is 102 cm³/mol. The molecule has 0 aliphatic rings. The van der Waals surface area contributed by atoms with Crippen molar-refractivity contribution < 1.29 is 27.5 Å². The summed E-state index contributed by atoms with van der Waals surface area (Å²) in [5.41, 5.74) is -1.54. The molecule has 0 fully saturated rings. The van der Waals surface area contributed by atoms with Crippen LogP contribution in [0.4, 0.5) is 23.2 Å². The molecule has 1 heterocycles. The maximum atomic E-state index is 13.2. The first-order chi connectivity index (χ1) is 14.2. The van der Waals surface area contributed by atoms with Crippen molar-refractivity contribution in [3.05, 3.63) is 59.5 Å². The van der Waals surface area contributed by atoms with Gasteiger partial charge in [0.25, 0.3) is 5.91 Å². The topological polar surface area (TPSA) is 90.9 Å². The summed E-state index contributed by atoms with van der Waals surface area (Å²) >= 11 is 0. The van der Waals surface area contributed by atoms with Crippen molar-refractivity contribution in [2.75, 3.05) is 5.32 Å². The SMILES string of the molecule is CC.N#Cc1ccc(NC(=O)C(O)Cn2cc3cc(F)ccc3n2)cc1C(F)(F)F. The molecule has 1 atom stereocenters. The lowest BCUT2D eigenvalue weighted by atomic mass is 10.1. The number of alkyl halides is 3. The Kier molecular flexibility index (Phi) is 7.13. The molecule has 1 unspecified atom stereocenters. The number of hydrogen-bond acceptors (Lipinski definition) is 4. The molecule has 10 heteroatoms. The Morgan fingerprint density at radius 2 is 1.97 bits per heavy atom. The first-order valence-electron chi connectivity index (χ1n) is 8.90. The summed E-state index contributed by atoms with van der Waals surface area (Å²) in [6.45, 7) is 3.71. The summed E-state index contributed by atoms with van der Waals surface area (Å²) in [5.74, 6) is -1.42. The van der Waals surface area contributed by atoms with Crippen molar-refractivity contribution >= 4 is 22.5 Å². The third-order valence-corrected chi connectivity index (χ3v) is 3.89. The second-order valence-corrected chi connectivity index (χ2v) is 5.93. The average molecular weight is 422 g/mol. The van der Waals surface area contributed by atoms with Crippen LogP contribution in [0, 0.1) is 17.1 Å². The number of aromatic nitrogens is 2. The molecule has 0 aliphatic carbocycles. The quantitative estimate of drug-likeness (QED) is 0.620. The van der Waals surface area contributed by atoms with Gasteiger partial charge >= 0.3 is 6.18 Å². The van der Waals surface area contributed by atoms with Crippen molar-refractivity contribution in [3.8, 4) is 6.07 Å². The van der Waals surface area contributed by atoms with Gasteiger partial charge in [0, 0.05) is 17.3 Å². The van der Waals surface area contributed by atoms with Gasteiger partial charge in [0.2, 0.25) is 0 Å². The number of hydrogen-bond donors (Lipinski definition) is 2. The molecule has 6 nitrogen and oxygen atoms in total. The lowest BCUT2D eigenvalue weighted by Gasteiger charge is -2.14. The van der Waals surface area contributed by atoms with Gasteiger partial charge in [-0.3, -0.25) is 9.48 Å². The van der Waals surface area contributed by atoms with Crippen LogP contribution in [0.5, 0.6) is 0 Å². The summed E-state index contributed by atoms with van der Waals surface area (Å²) in [4.78, 5) is 12.1. The van der Waals surface area contributed by atoms with E-state index in [-0.39, 0.29) is 12.2 Å². The number of amides is 1. The third kappa shape index (κ3) is 5.33. The van der Waals surface area contributed by atoms with E-state index < -0.39 is 35.1 Å². The highest BCUT2D eigenvalue weighted by Crippen LogP contribution is 2.33. The van der Waals surface area contributed by atoms with Crippen molar-refractivity contribution in [2.45, 2.75) is 32.7 Å². The number of fused-ring (bicyclic) bond motifs is 1. The van der Waals surface area contributed by atoms with E-state index >= 15 is 0 Å². The van der Waals surface area contributed by atoms with E-state index in [1.807, 2.05) is 13.8 Å². The standard InChI is InChI=1S/C18H12F4N4O2.C2H6/c19-12-2-4-15-11(5-12)8-26(25-15)9-16(27)17(28)24-13-3-1-10(7-23)14(6-13)18(20,21)22;1-2/h1-6,8,16,27H,9H2,(H,24,28);1-2H3. The zero-order valence-electron chi connectivity index (χ0n) is 16.0. The fraction of sp³-hybridized carbons (Fsp3) is 0.250. The Balaban J connectivity index is 0.00000155. The van der Waals surface area contributed by atoms with E-state index in [1.165, 1.54) is 35.1 Å². The minimum absolute atomic E-state index is 0.219. The Hall–Kier alpha value is -3.45. The van der Waals surface area contributed by atoms with E-state index in [0.717, 1.165) is 12.1 Å². The molecule has 1 amide bonds. The lowest BCUT2D eigenvalue weighted by molar-refractivity contribution is -0.137. The largest absolute Gasteiger partial charge is 0.417 e. The summed E-state index contributed by atoms with van der Waals surface area (Å²) in [7, 11) is 0. The van der Waals surface area contributed by atoms with Gasteiger partial charge in [-0.25, -0.2) is 4.39 Å². The molecule has 158 valence electrons. The number of benzene rings is 2. The number of carbonyl (C=O) groups is 1. The number of nitrogens with one attached hydrogen (secondary N) is 1. The summed E-state index contributed by atoms with van der Waals surface area (Å²) in [6, 6.07) is 8.00. The zero-order chi connectivity index (χ0) is 22.5. The molecule has 3 aromatic rings. The number of nitriles is 1. The van der Waals surface area contributed by atoms with Crippen molar-refractivity contribution in [3.63, 3.8) is 0 Å². The fourth-order valence-corrected chi connectivity index (χ4v) is 2.58. The summed E-state index contributed by atoms with van der Waals surface area (Å²) in [6.07, 6.45) is -4.96. The lowest BCUT2D eigenvalue weighted by Crippen LogP contribution is -2.31. The Bertz CT molecular complexity index is 1090. The zero-order valence-corrected chi connectivity index (χ0v) is 16.0. The van der Waals surface area contributed by atoms with Gasteiger partial charge in [0.1, 0.15) is 5.82 Å². The molecular weight excluding hydrogens is 404 g/mol. The smallest absolute Gasteiger partial charge is 0.381 e. The van der Waals surface area contributed by atoms with E-state index in [2.05, 4.69) is 10.4 Å². The first kappa shape index (κ1) is 22.8. The van der Waals surface area contributed by atoms with E-state index in [0.29, 0.717) is 17.0 Å². The molecule has 1 aromatic heterocycles. The molecular formula is C20H18F4N4O2. The van der Waals surface area contributed by atoms with Crippen LogP contribution in [0.15, 0.2) is 42.6 Å². The van der Waals surface area contributed by atoms with E-state index in [4.69, 9.17) is 5.26 Å². The van der Waals surface area contributed by atoms with Gasteiger partial charge in [-0.15, -0.1) is 0 Å². The van der Waals surface area contributed by atoms with Crippen LogP contribution < -0.4 is 5.32 Å². The molecule has 0 saturated carbocycles. The Labute approximate surface area is 169 Å². The molecule has 0 saturated heterocycles. The number of carbonyl (C=O) groups excluding carboxylic acids is 1. The maximum absolute atomic E-state index is 13.2. The van der Waals surface area contributed by atoms with Gasteiger partial charge in [-0.2, -0.15) is 23.5 Å². The van der Waals surface area contributed by atoms with Crippen LogP contribution in [0.2, 0.25) is 0 Å². The van der Waals surface area contributed by atoms with Gasteiger partial charge < -0.3 is 10.4 Å². The number of anilines is 1. The number of aliphatic hydroxyl groups excluding tert-OH is 1. The summed E-state index contributed by atoms with van der Waals surface area (Å²) in [5, 5.41) is 25.5. The van der Waals surface area contributed by atoms with E-state index in [1.54, 1.807) is 0 Å². The van der Waals surface area contributed by atoms with Crippen molar-refractivity contribution in [2.24, 2.45) is 0 Å². The Morgan fingerprint density at radius 3 is 2.60 bits per heavy atom. The molecule has 0 spiro atoms. The van der Waals surface area contributed by atoms with Crippen LogP contribution in [0.3, 0.4) is 0 Å². The molecule has 30 heavy (non-hydrogen) atoms. The molecule has 0 bridgehead atoms. The maximum Gasteiger partial charge on any atom is 0.417 e. The van der Waals surface area contributed by atoms with Crippen LogP contribution in [-0.4, -0.2) is 26.9 Å². The number of aliphatic hydroxyl groups is 1. The van der Waals surface area contributed by atoms with Gasteiger partial charge in [0.15, 0.2) is 6.10 Å². The highest BCUT2D eigenvalue weighted by molar-refractivity contribution is 5.94. The van der Waals surface area contributed by atoms with Crippen LogP contribution >= 0.6 is 0 Å². The monoisotopic (exact) mass is 422 g/mol. The van der Waals surface area contributed by atoms with Gasteiger partial charge in [0.05, 0.1) is 29.3 Å². The molecule has 0 aliphatic heterocycles. The van der Waals surface area contributed by atoms with Gasteiger partial charge in [-0.05, 0) is 36.4 Å². The van der Waals surface area contributed by atoms with Crippen LogP contribution in [-0.2, 0) is 17.5 Å². The van der Waals surface area contributed by atoms with Crippen molar-refractivity contribution in [1.82, 2.24) is 9.78 Å². The van der Waals surface area contributed by atoms with E-state index in [9.17, 15) is 27.5 Å². The predicted octanol–water partition coefficient (Wildman–Crippen LogP) is 4.09. The minimum atomic E-state index is -4.77. The average Bonchev–Trinajstić information content (AvgIpc) is 3.10. The van der Waals surface area contributed by atoms with Gasteiger partial charge in [-0.1, -0.05) is 13.8 Å². The highest BCUT2D eigenvalue weighted by atomic mass is 19.4. The van der Waals surface area contributed by atoms with Crippen LogP contribution in [0.1, 0.15) is 25.0 Å². The molecule has 0 radical (unpaired) electrons. The minimum Gasteiger partial charge on any atom is -0.381 e. The normalized spacial score (nSPS) is 11.9. The Morgan fingerprint density at radius 1 is 1.27 bits per heavy atom. The fourth-order valence-electron chi connectivity index (χ4n) is 2.58. The second-order valence-electron chi connectivity index (χ2n) is 5.93. The first-order valence-corrected chi connectivity index (χ1v) is 8.90. The molecule has 2 N–H and O–H groups in total. The molecule has 2 aromatic carbocycles. The second kappa shape index (κ2) is 9.37.